The summed E-state index contributed by atoms with van der Waals surface area (Å²) in [6.45, 7) is 1.77. The Balaban J connectivity index is 1.48. The minimum absolute atomic E-state index is 0.0602. The molecule has 0 spiro atoms. The maximum Gasteiger partial charge on any atom is 0.258 e. The minimum Gasteiger partial charge on any atom is -0.309 e. The largest absolute Gasteiger partial charge is 0.309 e. The molecule has 1 fully saturated rings. The number of aromatic amines is 1. The number of hydrogen-bond acceptors (Lipinski definition) is 5. The van der Waals surface area contributed by atoms with Crippen molar-refractivity contribution in [2.75, 3.05) is 6.54 Å². The molecule has 1 aliphatic rings. The molecular formula is C18H17N5OS. The van der Waals surface area contributed by atoms with Crippen LogP contribution in [-0.4, -0.2) is 30.8 Å². The van der Waals surface area contributed by atoms with Crippen LogP contribution >= 0.6 is 11.3 Å². The fraction of sp³-hybridized carbons (Fsp3) is 0.278. The summed E-state index contributed by atoms with van der Waals surface area (Å²) in [6.07, 6.45) is 6.21. The van der Waals surface area contributed by atoms with Gasteiger partial charge in [-0.3, -0.25) is 14.1 Å². The van der Waals surface area contributed by atoms with Gasteiger partial charge in [-0.05, 0) is 31.5 Å². The lowest BCUT2D eigenvalue weighted by Gasteiger charge is -2.22. The van der Waals surface area contributed by atoms with Gasteiger partial charge in [-0.1, -0.05) is 12.1 Å². The molecule has 25 heavy (non-hydrogen) atoms. The quantitative estimate of drug-likeness (QED) is 0.616. The van der Waals surface area contributed by atoms with Crippen molar-refractivity contribution in [3.8, 4) is 0 Å². The maximum absolute atomic E-state index is 12.4. The molecule has 4 aromatic rings. The molecule has 4 heterocycles. The Morgan fingerprint density at radius 2 is 2.20 bits per heavy atom. The average Bonchev–Trinajstić information content (AvgIpc) is 3.31. The third-order valence-electron chi connectivity index (χ3n) is 4.82. The number of thiazole rings is 1. The van der Waals surface area contributed by atoms with Crippen LogP contribution in [0, 0.1) is 0 Å². The first-order valence-corrected chi connectivity index (χ1v) is 9.30. The molecule has 0 aliphatic carbocycles. The second-order valence-corrected chi connectivity index (χ2v) is 7.29. The zero-order chi connectivity index (χ0) is 16.8. The van der Waals surface area contributed by atoms with E-state index >= 15 is 0 Å². The number of likely N-dealkylation sites (tertiary alicyclic amines) is 1. The monoisotopic (exact) mass is 351 g/mol. The van der Waals surface area contributed by atoms with Crippen molar-refractivity contribution < 1.29 is 0 Å². The summed E-state index contributed by atoms with van der Waals surface area (Å²) < 4.78 is 2.06. The van der Waals surface area contributed by atoms with Crippen LogP contribution in [0.1, 0.15) is 30.4 Å². The van der Waals surface area contributed by atoms with Crippen molar-refractivity contribution in [1.29, 1.82) is 0 Å². The first-order valence-electron chi connectivity index (χ1n) is 8.42. The number of nitrogens with zero attached hydrogens (tertiary/aromatic N) is 4. The van der Waals surface area contributed by atoms with Gasteiger partial charge in [-0.15, -0.1) is 11.3 Å². The molecule has 1 unspecified atom stereocenters. The average molecular weight is 351 g/mol. The summed E-state index contributed by atoms with van der Waals surface area (Å²) in [4.78, 5) is 28.2. The number of H-pyrrole nitrogens is 1. The van der Waals surface area contributed by atoms with Crippen molar-refractivity contribution in [2.45, 2.75) is 25.4 Å². The molecule has 0 amide bonds. The Morgan fingerprint density at radius 1 is 1.28 bits per heavy atom. The molecule has 0 bridgehead atoms. The summed E-state index contributed by atoms with van der Waals surface area (Å²) in [5, 5.41) is 2.68. The second kappa shape index (κ2) is 5.79. The smallest absolute Gasteiger partial charge is 0.258 e. The Labute approximate surface area is 147 Å². The van der Waals surface area contributed by atoms with Crippen LogP contribution in [0.25, 0.3) is 15.9 Å². The Bertz CT molecular complexity index is 1080. The fourth-order valence-electron chi connectivity index (χ4n) is 3.65. The number of rotatable bonds is 3. The highest BCUT2D eigenvalue weighted by Crippen LogP contribution is 2.31. The molecule has 3 aromatic heterocycles. The molecule has 1 aromatic carbocycles. The molecule has 0 saturated carbocycles. The number of benzene rings is 1. The van der Waals surface area contributed by atoms with Crippen LogP contribution in [0.15, 0.2) is 46.8 Å². The zero-order valence-electron chi connectivity index (χ0n) is 13.6. The van der Waals surface area contributed by atoms with Gasteiger partial charge in [0.05, 0.1) is 22.6 Å². The van der Waals surface area contributed by atoms with Gasteiger partial charge in [-0.25, -0.2) is 9.97 Å². The van der Waals surface area contributed by atoms with Gasteiger partial charge < -0.3 is 4.98 Å². The number of hydrogen-bond donors (Lipinski definition) is 1. The molecule has 1 aliphatic heterocycles. The number of para-hydroxylation sites is 1. The van der Waals surface area contributed by atoms with Crippen LogP contribution in [0.3, 0.4) is 0 Å². The summed E-state index contributed by atoms with van der Waals surface area (Å²) in [6, 6.07) is 7.64. The highest BCUT2D eigenvalue weighted by molar-refractivity contribution is 7.15. The first-order chi connectivity index (χ1) is 12.3. The molecule has 1 saturated heterocycles. The number of imidazole rings is 1. The summed E-state index contributed by atoms with van der Waals surface area (Å²) in [5.74, 6) is 0.766. The maximum atomic E-state index is 12.4. The van der Waals surface area contributed by atoms with Crippen LogP contribution in [0.5, 0.6) is 0 Å². The van der Waals surface area contributed by atoms with E-state index in [2.05, 4.69) is 25.5 Å². The zero-order valence-corrected chi connectivity index (χ0v) is 14.4. The van der Waals surface area contributed by atoms with Gasteiger partial charge in [0.15, 0.2) is 4.96 Å². The van der Waals surface area contributed by atoms with E-state index in [9.17, 15) is 4.79 Å². The minimum atomic E-state index is -0.0602. The van der Waals surface area contributed by atoms with E-state index in [0.717, 1.165) is 47.9 Å². The predicted molar refractivity (Wildman–Crippen MR) is 97.8 cm³/mol. The van der Waals surface area contributed by atoms with Gasteiger partial charge >= 0.3 is 0 Å². The third-order valence-corrected chi connectivity index (χ3v) is 5.59. The molecule has 6 nitrogen and oxygen atoms in total. The van der Waals surface area contributed by atoms with Crippen LogP contribution in [0.4, 0.5) is 0 Å². The molecule has 5 rings (SSSR count). The Hall–Kier alpha value is -2.51. The normalized spacial score (nSPS) is 18.5. The lowest BCUT2D eigenvalue weighted by atomic mass is 10.2. The van der Waals surface area contributed by atoms with Crippen molar-refractivity contribution in [2.24, 2.45) is 0 Å². The molecule has 1 N–H and O–H groups in total. The fourth-order valence-corrected chi connectivity index (χ4v) is 4.37. The lowest BCUT2D eigenvalue weighted by molar-refractivity contribution is 0.237. The van der Waals surface area contributed by atoms with Gasteiger partial charge in [0.1, 0.15) is 5.82 Å². The molecule has 0 radical (unpaired) electrons. The topological polar surface area (TPSA) is 66.3 Å². The van der Waals surface area contributed by atoms with Gasteiger partial charge in [-0.2, -0.15) is 0 Å². The van der Waals surface area contributed by atoms with E-state index < -0.39 is 0 Å². The van der Waals surface area contributed by atoms with Crippen molar-refractivity contribution in [3.63, 3.8) is 0 Å². The summed E-state index contributed by atoms with van der Waals surface area (Å²) in [7, 11) is 0. The van der Waals surface area contributed by atoms with E-state index in [1.807, 2.05) is 35.8 Å². The van der Waals surface area contributed by atoms with Crippen LogP contribution in [-0.2, 0) is 6.54 Å². The highest BCUT2D eigenvalue weighted by atomic mass is 32.1. The number of aromatic nitrogens is 4. The van der Waals surface area contributed by atoms with E-state index in [4.69, 9.17) is 4.98 Å². The van der Waals surface area contributed by atoms with Crippen molar-refractivity contribution >= 4 is 27.2 Å². The summed E-state index contributed by atoms with van der Waals surface area (Å²) in [5.41, 5.74) is 1.76. The van der Waals surface area contributed by atoms with E-state index in [0.29, 0.717) is 5.39 Å². The summed E-state index contributed by atoms with van der Waals surface area (Å²) >= 11 is 1.64. The van der Waals surface area contributed by atoms with E-state index in [1.165, 1.54) is 0 Å². The number of nitrogens with one attached hydrogen (secondary N) is 1. The predicted octanol–water partition coefficient (Wildman–Crippen LogP) is 2.97. The van der Waals surface area contributed by atoms with Crippen molar-refractivity contribution in [1.82, 2.24) is 24.3 Å². The van der Waals surface area contributed by atoms with E-state index in [1.54, 1.807) is 11.3 Å². The second-order valence-electron chi connectivity index (χ2n) is 6.42. The molecular weight excluding hydrogens is 334 g/mol. The van der Waals surface area contributed by atoms with Gasteiger partial charge in [0.2, 0.25) is 0 Å². The van der Waals surface area contributed by atoms with Crippen LogP contribution < -0.4 is 5.56 Å². The standard InChI is InChI=1S/C18H17N5OS/c24-17-13-4-1-2-5-14(13)20-16(21-17)15-6-3-7-22(15)10-12-11-23-8-9-25-18(23)19-12/h1-2,4-5,8-9,11,15H,3,6-7,10H2,(H,20,21,24). The van der Waals surface area contributed by atoms with Crippen molar-refractivity contribution in [3.05, 3.63) is 63.9 Å². The molecule has 7 heteroatoms. The third kappa shape index (κ3) is 2.56. The molecule has 126 valence electrons. The van der Waals surface area contributed by atoms with Crippen LogP contribution in [0.2, 0.25) is 0 Å². The van der Waals surface area contributed by atoms with Gasteiger partial charge in [0.25, 0.3) is 5.56 Å². The first kappa shape index (κ1) is 14.8. The van der Waals surface area contributed by atoms with E-state index in [-0.39, 0.29) is 11.6 Å². The Kier molecular flexibility index (Phi) is 3.43. The lowest BCUT2D eigenvalue weighted by Crippen LogP contribution is -2.26. The Morgan fingerprint density at radius 3 is 3.12 bits per heavy atom. The van der Waals surface area contributed by atoms with Gasteiger partial charge in [0, 0.05) is 24.3 Å². The SMILES string of the molecule is O=c1[nH]c(C2CCCN2Cc2cn3ccsc3n2)nc2ccccc12. The highest BCUT2D eigenvalue weighted by Gasteiger charge is 2.29. The molecule has 1 atom stereocenters. The number of fused-ring (bicyclic) bond motifs is 2.